The molecule has 1 rings (SSSR count). The number of hydrogen-bond acceptors (Lipinski definition) is 4. The van der Waals surface area contributed by atoms with Gasteiger partial charge in [0.05, 0.1) is 6.54 Å². The number of nitrogens with zero attached hydrogens (tertiary/aromatic N) is 1. The first-order valence-corrected chi connectivity index (χ1v) is 3.89. The van der Waals surface area contributed by atoms with Crippen molar-refractivity contribution >= 4 is 17.8 Å². The number of hydrogen-bond donors (Lipinski definition) is 0. The Bertz CT molecular complexity index is 282. The minimum Gasteiger partial charge on any atom is -0.433 e. The smallest absolute Gasteiger partial charge is 0.418 e. The lowest BCUT2D eigenvalue weighted by Gasteiger charge is -2.12. The van der Waals surface area contributed by atoms with Crippen molar-refractivity contribution in [2.45, 2.75) is 26.4 Å². The van der Waals surface area contributed by atoms with E-state index in [-0.39, 0.29) is 12.3 Å². The van der Waals surface area contributed by atoms with Gasteiger partial charge >= 0.3 is 6.09 Å². The average molecular weight is 185 g/mol. The van der Waals surface area contributed by atoms with E-state index < -0.39 is 17.6 Å². The minimum atomic E-state index is -1.13. The monoisotopic (exact) mass is 185 g/mol. The molecular weight excluding hydrogens is 174 g/mol. The Labute approximate surface area is 75.6 Å². The summed E-state index contributed by atoms with van der Waals surface area (Å²) < 4.78 is 4.76. The largest absolute Gasteiger partial charge is 0.433 e. The molecule has 1 fully saturated rings. The summed E-state index contributed by atoms with van der Waals surface area (Å²) in [6, 6.07) is 0. The van der Waals surface area contributed by atoms with E-state index in [2.05, 4.69) is 0 Å². The zero-order valence-electron chi connectivity index (χ0n) is 7.79. The fourth-order valence-corrected chi connectivity index (χ4v) is 1.08. The second-order valence-electron chi connectivity index (χ2n) is 3.47. The summed E-state index contributed by atoms with van der Waals surface area (Å²) in [6.07, 6.45) is -0.745. The molecule has 2 amide bonds. The Balaban J connectivity index is 2.83. The zero-order valence-corrected chi connectivity index (χ0v) is 7.79. The maximum Gasteiger partial charge on any atom is 0.418 e. The highest BCUT2D eigenvalue weighted by molar-refractivity contribution is 6.04. The van der Waals surface area contributed by atoms with Crippen LogP contribution >= 0.6 is 0 Å². The van der Waals surface area contributed by atoms with Gasteiger partial charge in [0.25, 0.3) is 5.91 Å². The molecule has 13 heavy (non-hydrogen) atoms. The molecule has 0 aromatic carbocycles. The second-order valence-corrected chi connectivity index (χ2v) is 3.47. The van der Waals surface area contributed by atoms with Crippen molar-refractivity contribution in [3.63, 3.8) is 0 Å². The normalized spacial score (nSPS) is 20.4. The molecule has 5 heteroatoms. The van der Waals surface area contributed by atoms with Crippen molar-refractivity contribution in [3.05, 3.63) is 0 Å². The van der Waals surface area contributed by atoms with Crippen LogP contribution in [0.2, 0.25) is 0 Å². The van der Waals surface area contributed by atoms with Crippen LogP contribution in [0, 0.1) is 0 Å². The Hall–Kier alpha value is -1.39. The van der Waals surface area contributed by atoms with Gasteiger partial charge in [0, 0.05) is 0 Å². The van der Waals surface area contributed by atoms with Crippen LogP contribution in [0.1, 0.15) is 20.8 Å². The predicted octanol–water partition coefficient (Wildman–Crippen LogP) is 0.333. The van der Waals surface area contributed by atoms with Crippen LogP contribution < -0.4 is 0 Å². The number of amides is 2. The topological polar surface area (TPSA) is 63.7 Å². The van der Waals surface area contributed by atoms with Crippen molar-refractivity contribution in [2.75, 3.05) is 6.54 Å². The number of carbonyl (C=O) groups is 3. The molecule has 0 unspecified atom stereocenters. The van der Waals surface area contributed by atoms with E-state index in [0.717, 1.165) is 4.90 Å². The average Bonchev–Trinajstić information content (AvgIpc) is 2.12. The predicted molar refractivity (Wildman–Crippen MR) is 43.0 cm³/mol. The number of rotatable bonds is 2. The first-order chi connectivity index (χ1) is 5.84. The number of ether oxygens (including phenoxy) is 1. The van der Waals surface area contributed by atoms with Crippen molar-refractivity contribution in [3.8, 4) is 0 Å². The van der Waals surface area contributed by atoms with Crippen LogP contribution in [-0.2, 0) is 14.3 Å². The second kappa shape index (κ2) is 2.83. The molecule has 0 aromatic heterocycles. The summed E-state index contributed by atoms with van der Waals surface area (Å²) >= 11 is 0. The van der Waals surface area contributed by atoms with Gasteiger partial charge in [0.15, 0.2) is 5.60 Å². The standard InChI is InChI=1S/C8H11NO4/c1-5(10)4-9-6(11)8(2,3)13-7(9)12/h4H2,1-3H3. The Morgan fingerprint density at radius 2 is 2.00 bits per heavy atom. The fourth-order valence-electron chi connectivity index (χ4n) is 1.08. The molecule has 0 aromatic rings. The van der Waals surface area contributed by atoms with E-state index in [0.29, 0.717) is 0 Å². The van der Waals surface area contributed by atoms with Gasteiger partial charge in [0.2, 0.25) is 0 Å². The molecule has 0 aliphatic carbocycles. The van der Waals surface area contributed by atoms with Crippen LogP contribution in [0.15, 0.2) is 0 Å². The molecule has 1 aliphatic heterocycles. The molecule has 0 spiro atoms. The van der Waals surface area contributed by atoms with Crippen molar-refractivity contribution < 1.29 is 19.1 Å². The molecular formula is C8H11NO4. The van der Waals surface area contributed by atoms with E-state index >= 15 is 0 Å². The Kier molecular flexibility index (Phi) is 2.11. The van der Waals surface area contributed by atoms with Crippen molar-refractivity contribution in [1.29, 1.82) is 0 Å². The van der Waals surface area contributed by atoms with Crippen molar-refractivity contribution in [1.82, 2.24) is 4.90 Å². The number of imide groups is 1. The molecule has 5 nitrogen and oxygen atoms in total. The third kappa shape index (κ3) is 1.68. The van der Waals surface area contributed by atoms with Gasteiger partial charge in [-0.25, -0.2) is 9.69 Å². The lowest BCUT2D eigenvalue weighted by atomic mass is 10.1. The van der Waals surface area contributed by atoms with Crippen LogP contribution in [0.5, 0.6) is 0 Å². The summed E-state index contributed by atoms with van der Waals surface area (Å²) in [5.41, 5.74) is -1.13. The maximum absolute atomic E-state index is 11.4. The summed E-state index contributed by atoms with van der Waals surface area (Å²) in [7, 11) is 0. The summed E-state index contributed by atoms with van der Waals surface area (Å²) in [5.74, 6) is -0.712. The first-order valence-electron chi connectivity index (χ1n) is 3.89. The van der Waals surface area contributed by atoms with E-state index in [1.54, 1.807) is 0 Å². The fraction of sp³-hybridized carbons (Fsp3) is 0.625. The van der Waals surface area contributed by atoms with E-state index in [1.165, 1.54) is 20.8 Å². The van der Waals surface area contributed by atoms with Crippen molar-refractivity contribution in [2.24, 2.45) is 0 Å². The van der Waals surface area contributed by atoms with Gasteiger partial charge in [-0.05, 0) is 20.8 Å². The SMILES string of the molecule is CC(=O)CN1C(=O)OC(C)(C)C1=O. The molecule has 0 radical (unpaired) electrons. The van der Waals surface area contributed by atoms with Crippen LogP contribution in [-0.4, -0.2) is 34.8 Å². The van der Waals surface area contributed by atoms with Crippen LogP contribution in [0.3, 0.4) is 0 Å². The van der Waals surface area contributed by atoms with Gasteiger partial charge in [-0.3, -0.25) is 9.59 Å². The first kappa shape index (κ1) is 9.70. The highest BCUT2D eigenvalue weighted by Gasteiger charge is 2.47. The number of cyclic esters (lactones) is 1. The molecule has 1 saturated heterocycles. The number of carbonyl (C=O) groups excluding carboxylic acids is 3. The maximum atomic E-state index is 11.4. The minimum absolute atomic E-state index is 0.207. The van der Waals surface area contributed by atoms with Gasteiger partial charge in [0.1, 0.15) is 5.78 Å². The lowest BCUT2D eigenvalue weighted by molar-refractivity contribution is -0.136. The van der Waals surface area contributed by atoms with E-state index in [4.69, 9.17) is 4.74 Å². The highest BCUT2D eigenvalue weighted by Crippen LogP contribution is 2.22. The Morgan fingerprint density at radius 3 is 2.31 bits per heavy atom. The lowest BCUT2D eigenvalue weighted by Crippen LogP contribution is -2.38. The third-order valence-corrected chi connectivity index (χ3v) is 1.70. The van der Waals surface area contributed by atoms with Gasteiger partial charge in [-0.1, -0.05) is 0 Å². The molecule has 0 bridgehead atoms. The van der Waals surface area contributed by atoms with Gasteiger partial charge in [-0.2, -0.15) is 0 Å². The van der Waals surface area contributed by atoms with Crippen LogP contribution in [0.25, 0.3) is 0 Å². The third-order valence-electron chi connectivity index (χ3n) is 1.70. The summed E-state index contributed by atoms with van der Waals surface area (Å²) in [5, 5.41) is 0. The summed E-state index contributed by atoms with van der Waals surface area (Å²) in [6.45, 7) is 4.09. The zero-order chi connectivity index (χ0) is 10.2. The molecule has 0 N–H and O–H groups in total. The van der Waals surface area contributed by atoms with E-state index in [1.807, 2.05) is 0 Å². The van der Waals surface area contributed by atoms with Gasteiger partial charge in [-0.15, -0.1) is 0 Å². The molecule has 0 saturated carbocycles. The van der Waals surface area contributed by atoms with E-state index in [9.17, 15) is 14.4 Å². The molecule has 1 heterocycles. The van der Waals surface area contributed by atoms with Gasteiger partial charge < -0.3 is 4.74 Å². The molecule has 72 valence electrons. The number of Topliss-reactive ketones (excluding diaryl/α,β-unsaturated/α-hetero) is 1. The quantitative estimate of drug-likeness (QED) is 0.622. The number of ketones is 1. The Morgan fingerprint density at radius 1 is 1.46 bits per heavy atom. The van der Waals surface area contributed by atoms with Crippen LogP contribution in [0.4, 0.5) is 4.79 Å². The summed E-state index contributed by atoms with van der Waals surface area (Å²) in [4.78, 5) is 34.0. The highest BCUT2D eigenvalue weighted by atomic mass is 16.6. The molecule has 0 atom stereocenters. The molecule has 1 aliphatic rings.